The van der Waals surface area contributed by atoms with Gasteiger partial charge in [0.05, 0.1) is 24.4 Å². The fraction of sp³-hybridized carbons (Fsp3) is 0.212. The second-order valence-corrected chi connectivity index (χ2v) is 11.0. The SMILES string of the molecule is CC(=O)c1cccc(NC(=O)c2cccc(C3OC(CSc4ncccc4C(=O)O)CC(c4ccc(CO)cc4)O3)c2)c1. The first-order chi connectivity index (χ1) is 20.8. The number of carbonyl (C=O) groups is 3. The summed E-state index contributed by atoms with van der Waals surface area (Å²) in [6.45, 7) is 1.40. The Kier molecular flexibility index (Phi) is 9.63. The van der Waals surface area contributed by atoms with Crippen LogP contribution in [0.3, 0.4) is 0 Å². The average molecular weight is 599 g/mol. The van der Waals surface area contributed by atoms with Crippen LogP contribution in [-0.4, -0.2) is 44.7 Å². The Balaban J connectivity index is 1.37. The van der Waals surface area contributed by atoms with Gasteiger partial charge in [-0.15, -0.1) is 11.8 Å². The molecule has 3 atom stereocenters. The monoisotopic (exact) mass is 598 g/mol. The van der Waals surface area contributed by atoms with Crippen LogP contribution in [0.25, 0.3) is 0 Å². The highest BCUT2D eigenvalue weighted by molar-refractivity contribution is 7.99. The Morgan fingerprint density at radius 1 is 0.930 bits per heavy atom. The molecule has 1 aliphatic rings. The Labute approximate surface area is 252 Å². The number of hydrogen-bond acceptors (Lipinski definition) is 8. The summed E-state index contributed by atoms with van der Waals surface area (Å²) in [5.41, 5.74) is 3.84. The third-order valence-corrected chi connectivity index (χ3v) is 8.11. The van der Waals surface area contributed by atoms with E-state index in [-0.39, 0.29) is 36.1 Å². The molecule has 0 saturated carbocycles. The summed E-state index contributed by atoms with van der Waals surface area (Å²) in [5.74, 6) is -1.07. The molecule has 5 rings (SSSR count). The van der Waals surface area contributed by atoms with Crippen LogP contribution in [0, 0.1) is 0 Å². The number of carboxylic acids is 1. The molecule has 3 N–H and O–H groups in total. The fourth-order valence-electron chi connectivity index (χ4n) is 4.71. The van der Waals surface area contributed by atoms with Crippen LogP contribution in [0.5, 0.6) is 0 Å². The molecule has 1 amide bonds. The highest BCUT2D eigenvalue weighted by Crippen LogP contribution is 2.39. The number of amides is 1. The number of aromatic carboxylic acids is 1. The predicted molar refractivity (Wildman–Crippen MR) is 161 cm³/mol. The molecule has 0 radical (unpaired) electrons. The molecule has 1 saturated heterocycles. The minimum absolute atomic E-state index is 0.0688. The van der Waals surface area contributed by atoms with E-state index in [0.717, 1.165) is 11.1 Å². The van der Waals surface area contributed by atoms with Crippen molar-refractivity contribution in [1.82, 2.24) is 4.98 Å². The van der Waals surface area contributed by atoms with Gasteiger partial charge in [-0.1, -0.05) is 48.5 Å². The van der Waals surface area contributed by atoms with Crippen molar-refractivity contribution in [3.05, 3.63) is 125 Å². The number of thioether (sulfide) groups is 1. The molecule has 0 bridgehead atoms. The van der Waals surface area contributed by atoms with Crippen molar-refractivity contribution in [3.63, 3.8) is 0 Å². The number of aromatic nitrogens is 1. The zero-order valence-corrected chi connectivity index (χ0v) is 24.1. The minimum Gasteiger partial charge on any atom is -0.478 e. The number of pyridine rings is 1. The molecule has 0 spiro atoms. The molecule has 43 heavy (non-hydrogen) atoms. The van der Waals surface area contributed by atoms with E-state index in [4.69, 9.17) is 9.47 Å². The number of aliphatic hydroxyl groups excluding tert-OH is 1. The number of ketones is 1. The van der Waals surface area contributed by atoms with Crippen molar-refractivity contribution in [1.29, 1.82) is 0 Å². The number of carbonyl (C=O) groups excluding carboxylic acids is 2. The van der Waals surface area contributed by atoms with Gasteiger partial charge in [-0.2, -0.15) is 0 Å². The number of nitrogens with one attached hydrogen (secondary N) is 1. The first kappa shape index (κ1) is 30.1. The quantitative estimate of drug-likeness (QED) is 0.147. The van der Waals surface area contributed by atoms with Gasteiger partial charge in [-0.25, -0.2) is 9.78 Å². The van der Waals surface area contributed by atoms with Crippen molar-refractivity contribution in [2.24, 2.45) is 0 Å². The van der Waals surface area contributed by atoms with E-state index >= 15 is 0 Å². The van der Waals surface area contributed by atoms with Crippen molar-refractivity contribution < 1.29 is 34.1 Å². The molecule has 3 unspecified atom stereocenters. The number of ether oxygens (including phenoxy) is 2. The van der Waals surface area contributed by atoms with E-state index in [0.29, 0.717) is 39.6 Å². The van der Waals surface area contributed by atoms with Gasteiger partial charge in [0.2, 0.25) is 0 Å². The van der Waals surface area contributed by atoms with Gasteiger partial charge in [0.1, 0.15) is 5.03 Å². The number of rotatable bonds is 10. The second-order valence-electron chi connectivity index (χ2n) is 10.0. The zero-order valence-electron chi connectivity index (χ0n) is 23.3. The molecule has 1 aromatic heterocycles. The van der Waals surface area contributed by atoms with Crippen LogP contribution < -0.4 is 5.32 Å². The van der Waals surface area contributed by atoms with E-state index in [9.17, 15) is 24.6 Å². The first-order valence-corrected chi connectivity index (χ1v) is 14.6. The maximum absolute atomic E-state index is 13.1. The second kappa shape index (κ2) is 13.7. The summed E-state index contributed by atoms with van der Waals surface area (Å²) < 4.78 is 12.8. The van der Waals surface area contributed by atoms with Gasteiger partial charge in [0, 0.05) is 40.7 Å². The number of benzene rings is 3. The summed E-state index contributed by atoms with van der Waals surface area (Å²) >= 11 is 1.30. The third-order valence-electron chi connectivity index (χ3n) is 6.97. The molecular formula is C33H30N2O7S. The topological polar surface area (TPSA) is 135 Å². The van der Waals surface area contributed by atoms with Crippen LogP contribution in [0.15, 0.2) is 96.2 Å². The summed E-state index contributed by atoms with van der Waals surface area (Å²) in [5, 5.41) is 22.3. The first-order valence-electron chi connectivity index (χ1n) is 13.6. The summed E-state index contributed by atoms with van der Waals surface area (Å²) in [6.07, 6.45) is 0.566. The van der Waals surface area contributed by atoms with Crippen molar-refractivity contribution in [2.45, 2.75) is 43.5 Å². The molecule has 220 valence electrons. The smallest absolute Gasteiger partial charge is 0.338 e. The van der Waals surface area contributed by atoms with Crippen molar-refractivity contribution in [3.8, 4) is 0 Å². The predicted octanol–water partition coefficient (Wildman–Crippen LogP) is 6.06. The van der Waals surface area contributed by atoms with Gasteiger partial charge < -0.3 is 25.0 Å². The molecule has 2 heterocycles. The van der Waals surface area contributed by atoms with E-state index in [1.54, 1.807) is 54.7 Å². The Morgan fingerprint density at radius 2 is 1.70 bits per heavy atom. The fourth-order valence-corrected chi connectivity index (χ4v) is 5.71. The van der Waals surface area contributed by atoms with E-state index in [2.05, 4.69) is 10.3 Å². The largest absolute Gasteiger partial charge is 0.478 e. The lowest BCUT2D eigenvalue weighted by Crippen LogP contribution is -2.31. The van der Waals surface area contributed by atoms with Crippen LogP contribution in [0.4, 0.5) is 5.69 Å². The standard InChI is InChI=1S/C33H30N2O7S/c1-20(37)23-5-3-8-26(16-23)35-30(38)24-6-2-7-25(15-24)33-41-27(19-43-31-28(32(39)40)9-4-14-34-31)17-29(42-33)22-12-10-21(18-36)11-13-22/h2-16,27,29,33,36H,17-19H2,1H3,(H,35,38)(H,39,40). The zero-order chi connectivity index (χ0) is 30.3. The Bertz CT molecular complexity index is 1630. The Morgan fingerprint density at radius 3 is 2.44 bits per heavy atom. The molecule has 1 fully saturated rings. The highest BCUT2D eigenvalue weighted by atomic mass is 32.2. The van der Waals surface area contributed by atoms with Gasteiger partial charge in [-0.05, 0) is 54.4 Å². The summed E-state index contributed by atoms with van der Waals surface area (Å²) in [7, 11) is 0. The van der Waals surface area contributed by atoms with Gasteiger partial charge in [0.15, 0.2) is 12.1 Å². The van der Waals surface area contributed by atoms with Crippen LogP contribution in [-0.2, 0) is 16.1 Å². The number of hydrogen-bond donors (Lipinski definition) is 3. The summed E-state index contributed by atoms with van der Waals surface area (Å²) in [6, 6.07) is 24.3. The molecule has 9 nitrogen and oxygen atoms in total. The molecular weight excluding hydrogens is 568 g/mol. The minimum atomic E-state index is -1.05. The number of nitrogens with zero attached hydrogens (tertiary/aromatic N) is 1. The lowest BCUT2D eigenvalue weighted by molar-refractivity contribution is -0.245. The van der Waals surface area contributed by atoms with Gasteiger partial charge >= 0.3 is 5.97 Å². The average Bonchev–Trinajstić information content (AvgIpc) is 3.04. The molecule has 1 aliphatic heterocycles. The molecule has 3 aromatic carbocycles. The molecule has 10 heteroatoms. The van der Waals surface area contributed by atoms with E-state index < -0.39 is 12.3 Å². The van der Waals surface area contributed by atoms with Crippen molar-refractivity contribution >= 4 is 35.1 Å². The van der Waals surface area contributed by atoms with Crippen molar-refractivity contribution in [2.75, 3.05) is 11.1 Å². The van der Waals surface area contributed by atoms with Crippen LogP contribution in [0.1, 0.15) is 73.5 Å². The highest BCUT2D eigenvalue weighted by Gasteiger charge is 2.33. The number of aliphatic hydroxyl groups is 1. The van der Waals surface area contributed by atoms with Crippen LogP contribution in [0.2, 0.25) is 0 Å². The number of Topliss-reactive ketones (excluding diaryl/α,β-unsaturated/α-hetero) is 1. The molecule has 4 aromatic rings. The van der Waals surface area contributed by atoms with E-state index in [1.807, 2.05) is 30.3 Å². The Hall–Kier alpha value is -4.35. The van der Waals surface area contributed by atoms with Gasteiger partial charge in [-0.3, -0.25) is 9.59 Å². The van der Waals surface area contributed by atoms with Gasteiger partial charge in [0.25, 0.3) is 5.91 Å². The number of carboxylic acid groups (broad SMARTS) is 1. The molecule has 0 aliphatic carbocycles. The van der Waals surface area contributed by atoms with E-state index in [1.165, 1.54) is 24.8 Å². The number of anilines is 1. The third kappa shape index (κ3) is 7.54. The van der Waals surface area contributed by atoms with Crippen LogP contribution >= 0.6 is 11.8 Å². The normalized spacial score (nSPS) is 18.1. The summed E-state index contributed by atoms with van der Waals surface area (Å²) in [4.78, 5) is 40.8. The maximum atomic E-state index is 13.1. The maximum Gasteiger partial charge on any atom is 0.338 e. The lowest BCUT2D eigenvalue weighted by atomic mass is 10.0. The lowest BCUT2D eigenvalue weighted by Gasteiger charge is -2.36.